The van der Waals surface area contributed by atoms with Crippen LogP contribution in [0.15, 0.2) is 59.4 Å². The molecule has 3 aromatic rings. The molecular weight excluding hydrogens is 322 g/mol. The third-order valence-electron chi connectivity index (χ3n) is 4.46. The molecule has 0 aliphatic carbocycles. The van der Waals surface area contributed by atoms with Crippen LogP contribution in [0.4, 0.5) is 0 Å². The average molecular weight is 336 g/mol. The van der Waals surface area contributed by atoms with E-state index in [4.69, 9.17) is 11.6 Å². The number of carbonyl (C=O) groups excluding carboxylic acids is 1. The van der Waals surface area contributed by atoms with Crippen LogP contribution >= 0.6 is 11.6 Å². The molecule has 0 unspecified atom stereocenters. The maximum atomic E-state index is 13.0. The van der Waals surface area contributed by atoms with Crippen LogP contribution < -0.4 is 5.56 Å². The van der Waals surface area contributed by atoms with Crippen LogP contribution in [-0.2, 0) is 13.0 Å². The number of carbonyl (C=O) groups is 1. The van der Waals surface area contributed by atoms with Gasteiger partial charge in [-0.25, -0.2) is 0 Å². The SMILES string of the molecule is O=Cc1cc(-c2ccccc2)c(=O)n2c1-c1cc(Cl)ccc1CC2. The predicted octanol–water partition coefficient (Wildman–Crippen LogP) is 4.20. The standard InChI is InChI=1S/C20H14ClNO2/c21-16-7-6-14-8-9-22-19(17(14)11-16)15(12-23)10-18(20(22)24)13-4-2-1-3-5-13/h1-7,10-12H,8-9H2. The van der Waals surface area contributed by atoms with Crippen LogP contribution in [0.5, 0.6) is 0 Å². The molecule has 0 radical (unpaired) electrons. The van der Waals surface area contributed by atoms with Gasteiger partial charge in [-0.15, -0.1) is 0 Å². The number of aldehydes is 1. The molecule has 0 saturated heterocycles. The molecule has 1 aliphatic rings. The molecule has 24 heavy (non-hydrogen) atoms. The van der Waals surface area contributed by atoms with Gasteiger partial charge in [-0.2, -0.15) is 0 Å². The third-order valence-corrected chi connectivity index (χ3v) is 4.70. The first kappa shape index (κ1) is 14.9. The molecule has 0 spiro atoms. The van der Waals surface area contributed by atoms with Crippen molar-refractivity contribution >= 4 is 17.9 Å². The lowest BCUT2D eigenvalue weighted by Gasteiger charge is -2.24. The molecule has 0 bridgehead atoms. The molecule has 0 amide bonds. The normalized spacial score (nSPS) is 12.4. The molecule has 0 saturated carbocycles. The summed E-state index contributed by atoms with van der Waals surface area (Å²) in [6.07, 6.45) is 1.56. The summed E-state index contributed by atoms with van der Waals surface area (Å²) < 4.78 is 1.70. The fourth-order valence-electron chi connectivity index (χ4n) is 3.34. The summed E-state index contributed by atoms with van der Waals surface area (Å²) in [4.78, 5) is 24.7. The second kappa shape index (κ2) is 5.77. The topological polar surface area (TPSA) is 39.1 Å². The van der Waals surface area contributed by atoms with Crippen molar-refractivity contribution < 1.29 is 4.79 Å². The number of pyridine rings is 1. The second-order valence-corrected chi connectivity index (χ2v) is 6.29. The highest BCUT2D eigenvalue weighted by Gasteiger charge is 2.22. The van der Waals surface area contributed by atoms with Gasteiger partial charge in [-0.1, -0.05) is 48.0 Å². The molecule has 0 fully saturated rings. The molecule has 118 valence electrons. The zero-order valence-electron chi connectivity index (χ0n) is 12.8. The molecule has 2 heterocycles. The number of hydrogen-bond acceptors (Lipinski definition) is 2. The van der Waals surface area contributed by atoms with E-state index >= 15 is 0 Å². The van der Waals surface area contributed by atoms with Gasteiger partial charge in [-0.05, 0) is 35.7 Å². The van der Waals surface area contributed by atoms with Crippen LogP contribution in [0, 0.1) is 0 Å². The Balaban J connectivity index is 2.04. The highest BCUT2D eigenvalue weighted by atomic mass is 35.5. The van der Waals surface area contributed by atoms with Crippen molar-refractivity contribution in [1.82, 2.24) is 4.57 Å². The van der Waals surface area contributed by atoms with Crippen molar-refractivity contribution in [2.24, 2.45) is 0 Å². The number of benzene rings is 2. The Bertz CT molecular complexity index is 1010. The van der Waals surface area contributed by atoms with Crippen LogP contribution in [0.25, 0.3) is 22.4 Å². The van der Waals surface area contributed by atoms with Crippen molar-refractivity contribution in [2.45, 2.75) is 13.0 Å². The van der Waals surface area contributed by atoms with Gasteiger partial charge >= 0.3 is 0 Å². The van der Waals surface area contributed by atoms with Crippen LogP contribution in [-0.4, -0.2) is 10.9 Å². The van der Waals surface area contributed by atoms with Gasteiger partial charge in [0.25, 0.3) is 5.56 Å². The summed E-state index contributed by atoms with van der Waals surface area (Å²) in [6, 6.07) is 16.8. The van der Waals surface area contributed by atoms with Gasteiger partial charge in [0.05, 0.1) is 5.69 Å². The number of aryl methyl sites for hydroxylation is 1. The van der Waals surface area contributed by atoms with E-state index in [9.17, 15) is 9.59 Å². The maximum absolute atomic E-state index is 13.0. The Kier molecular flexibility index (Phi) is 3.58. The first-order chi connectivity index (χ1) is 11.7. The number of rotatable bonds is 2. The van der Waals surface area contributed by atoms with Crippen molar-refractivity contribution in [2.75, 3.05) is 0 Å². The van der Waals surface area contributed by atoms with Gasteiger partial charge in [0.15, 0.2) is 6.29 Å². The summed E-state index contributed by atoms with van der Waals surface area (Å²) in [5.41, 5.74) is 4.44. The molecular formula is C20H14ClNO2. The minimum absolute atomic E-state index is 0.0765. The number of nitrogens with zero attached hydrogens (tertiary/aromatic N) is 1. The number of halogens is 1. The number of fused-ring (bicyclic) bond motifs is 3. The Morgan fingerprint density at radius 1 is 1.00 bits per heavy atom. The summed E-state index contributed by atoms with van der Waals surface area (Å²) >= 11 is 6.13. The fourth-order valence-corrected chi connectivity index (χ4v) is 3.51. The predicted molar refractivity (Wildman–Crippen MR) is 95.7 cm³/mol. The van der Waals surface area contributed by atoms with Crippen LogP contribution in [0.2, 0.25) is 5.02 Å². The van der Waals surface area contributed by atoms with E-state index in [1.807, 2.05) is 48.5 Å². The molecule has 0 N–H and O–H groups in total. The lowest BCUT2D eigenvalue weighted by molar-refractivity contribution is 0.112. The first-order valence-electron chi connectivity index (χ1n) is 7.76. The second-order valence-electron chi connectivity index (χ2n) is 5.85. The minimum atomic E-state index is -0.0765. The molecule has 1 aromatic heterocycles. The van der Waals surface area contributed by atoms with Crippen molar-refractivity contribution in [3.8, 4) is 22.4 Å². The van der Waals surface area contributed by atoms with E-state index in [0.29, 0.717) is 28.4 Å². The molecule has 1 aliphatic heterocycles. The number of aromatic nitrogens is 1. The Hall–Kier alpha value is -2.65. The number of hydrogen-bond donors (Lipinski definition) is 0. The van der Waals surface area contributed by atoms with E-state index in [1.165, 1.54) is 0 Å². The lowest BCUT2D eigenvalue weighted by atomic mass is 9.93. The maximum Gasteiger partial charge on any atom is 0.258 e. The van der Waals surface area contributed by atoms with Gasteiger partial charge in [0.2, 0.25) is 0 Å². The zero-order chi connectivity index (χ0) is 16.7. The highest BCUT2D eigenvalue weighted by molar-refractivity contribution is 6.30. The quantitative estimate of drug-likeness (QED) is 0.658. The van der Waals surface area contributed by atoms with Crippen molar-refractivity contribution in [3.63, 3.8) is 0 Å². The molecule has 4 rings (SSSR count). The zero-order valence-corrected chi connectivity index (χ0v) is 13.6. The summed E-state index contributed by atoms with van der Waals surface area (Å²) in [5, 5.41) is 0.596. The van der Waals surface area contributed by atoms with Gasteiger partial charge in [0.1, 0.15) is 0 Å². The smallest absolute Gasteiger partial charge is 0.258 e. The van der Waals surface area contributed by atoms with E-state index in [-0.39, 0.29) is 5.56 Å². The molecule has 0 atom stereocenters. The van der Waals surface area contributed by atoms with Crippen LogP contribution in [0.1, 0.15) is 15.9 Å². The lowest BCUT2D eigenvalue weighted by Crippen LogP contribution is -2.28. The minimum Gasteiger partial charge on any atom is -0.307 e. The average Bonchev–Trinajstić information content (AvgIpc) is 2.62. The Labute approximate surface area is 144 Å². The Morgan fingerprint density at radius 3 is 2.54 bits per heavy atom. The monoisotopic (exact) mass is 335 g/mol. The van der Waals surface area contributed by atoms with E-state index in [2.05, 4.69) is 0 Å². The van der Waals surface area contributed by atoms with E-state index < -0.39 is 0 Å². The fraction of sp³-hybridized carbons (Fsp3) is 0.100. The van der Waals surface area contributed by atoms with Crippen molar-refractivity contribution in [1.29, 1.82) is 0 Å². The summed E-state index contributed by atoms with van der Waals surface area (Å²) in [7, 11) is 0. The highest BCUT2D eigenvalue weighted by Crippen LogP contribution is 2.34. The first-order valence-corrected chi connectivity index (χ1v) is 8.14. The van der Waals surface area contributed by atoms with E-state index in [0.717, 1.165) is 29.4 Å². The van der Waals surface area contributed by atoms with Gasteiger partial charge in [-0.3, -0.25) is 9.59 Å². The summed E-state index contributed by atoms with van der Waals surface area (Å²) in [6.45, 7) is 0.560. The van der Waals surface area contributed by atoms with Crippen molar-refractivity contribution in [3.05, 3.63) is 81.1 Å². The molecule has 3 nitrogen and oxygen atoms in total. The molecule has 4 heteroatoms. The Morgan fingerprint density at radius 2 is 1.79 bits per heavy atom. The third kappa shape index (κ3) is 2.29. The van der Waals surface area contributed by atoms with Gasteiger partial charge in [0, 0.05) is 28.3 Å². The summed E-state index contributed by atoms with van der Waals surface area (Å²) in [5.74, 6) is 0. The van der Waals surface area contributed by atoms with Crippen LogP contribution in [0.3, 0.4) is 0 Å². The van der Waals surface area contributed by atoms with Gasteiger partial charge < -0.3 is 4.57 Å². The molecule has 2 aromatic carbocycles. The van der Waals surface area contributed by atoms with E-state index in [1.54, 1.807) is 10.6 Å². The largest absolute Gasteiger partial charge is 0.307 e.